The van der Waals surface area contributed by atoms with Crippen molar-refractivity contribution in [3.05, 3.63) is 95.6 Å². The van der Waals surface area contributed by atoms with E-state index in [1.807, 2.05) is 19.1 Å². The van der Waals surface area contributed by atoms with Crippen molar-refractivity contribution < 1.29 is 22.3 Å². The first-order chi connectivity index (χ1) is 23.4. The molecule has 3 aromatic rings. The predicted octanol–water partition coefficient (Wildman–Crippen LogP) is 13.7. The topological polar surface area (TPSA) is 9.23 Å². The molecule has 1 fully saturated rings. The van der Waals surface area contributed by atoms with E-state index in [4.69, 9.17) is 4.74 Å². The zero-order valence-electron chi connectivity index (χ0n) is 28.8. The Bertz CT molecular complexity index is 1530. The van der Waals surface area contributed by atoms with Crippen LogP contribution < -0.4 is 4.74 Å². The lowest BCUT2D eigenvalue weighted by Gasteiger charge is -2.35. The van der Waals surface area contributed by atoms with Crippen LogP contribution in [0.4, 0.5) is 17.6 Å². The minimum absolute atomic E-state index is 0.0746. The lowest BCUT2D eigenvalue weighted by Crippen LogP contribution is -2.23. The first-order valence-electron chi connectivity index (χ1n) is 18.4. The van der Waals surface area contributed by atoms with E-state index in [1.165, 1.54) is 82.8 Å². The van der Waals surface area contributed by atoms with Crippen LogP contribution in [0.3, 0.4) is 0 Å². The highest BCUT2D eigenvalue weighted by molar-refractivity contribution is 5.74. The Morgan fingerprint density at radius 3 is 1.92 bits per heavy atom. The summed E-state index contributed by atoms with van der Waals surface area (Å²) in [6, 6.07) is 12.6. The van der Waals surface area contributed by atoms with Gasteiger partial charge >= 0.3 is 0 Å². The van der Waals surface area contributed by atoms with Gasteiger partial charge in [0.1, 0.15) is 0 Å². The Labute approximate surface area is 285 Å². The van der Waals surface area contributed by atoms with Gasteiger partial charge in [-0.3, -0.25) is 0 Å². The van der Waals surface area contributed by atoms with Crippen molar-refractivity contribution in [2.24, 2.45) is 17.8 Å². The van der Waals surface area contributed by atoms with Gasteiger partial charge in [0, 0.05) is 16.7 Å². The number of halogens is 4. The van der Waals surface area contributed by atoms with Crippen LogP contribution in [-0.2, 0) is 0 Å². The molecule has 2 aliphatic rings. The first kappa shape index (κ1) is 36.0. The van der Waals surface area contributed by atoms with Crippen LogP contribution in [-0.4, -0.2) is 6.61 Å². The van der Waals surface area contributed by atoms with Crippen molar-refractivity contribution >= 4 is 5.57 Å². The molecule has 0 heterocycles. The number of allylic oxidation sites excluding steroid dienone is 3. The first-order valence-corrected chi connectivity index (χ1v) is 18.4. The highest BCUT2D eigenvalue weighted by Crippen LogP contribution is 2.43. The van der Waals surface area contributed by atoms with Crippen molar-refractivity contribution in [2.75, 3.05) is 6.61 Å². The summed E-state index contributed by atoms with van der Waals surface area (Å²) in [7, 11) is 0. The zero-order chi connectivity index (χ0) is 33.9. The number of rotatable bonds is 15. The maximum Gasteiger partial charge on any atom is 0.201 e. The van der Waals surface area contributed by atoms with E-state index in [9.17, 15) is 8.78 Å². The van der Waals surface area contributed by atoms with Crippen LogP contribution in [0, 0.1) is 41.0 Å². The molecule has 5 heteroatoms. The Kier molecular flexibility index (Phi) is 13.4. The van der Waals surface area contributed by atoms with Gasteiger partial charge in [-0.2, -0.15) is 4.39 Å². The third kappa shape index (κ3) is 9.01. The standard InChI is InChI=1S/C43H52F4O/c1-3-5-7-8-9-10-12-30-13-15-31(16-14-30)32-17-19-33(20-18-32)36-25-26-37(41(45)40(36)44)34-21-23-35(24-22-34)38-27-28-39(43(47)42(38)46)48-29-11-6-4-2/h4,6,19,21-28,30-32H,3,5,7-18,20,29H2,1-2H3/b6-4-. The van der Waals surface area contributed by atoms with Crippen molar-refractivity contribution in [3.63, 3.8) is 0 Å². The molecule has 48 heavy (non-hydrogen) atoms. The number of benzene rings is 3. The molecule has 0 bridgehead atoms. The molecule has 1 atom stereocenters. The molecular weight excluding hydrogens is 608 g/mol. The molecule has 0 aromatic heterocycles. The van der Waals surface area contributed by atoms with E-state index in [0.29, 0.717) is 29.0 Å². The lowest BCUT2D eigenvalue weighted by molar-refractivity contribution is 0.187. The minimum Gasteiger partial charge on any atom is -0.490 e. The van der Waals surface area contributed by atoms with Gasteiger partial charge in [0.25, 0.3) is 0 Å². The predicted molar refractivity (Wildman–Crippen MR) is 191 cm³/mol. The molecule has 0 spiro atoms. The third-order valence-electron chi connectivity index (χ3n) is 10.7. The molecule has 5 rings (SSSR count). The van der Waals surface area contributed by atoms with Gasteiger partial charge in [0.05, 0.1) is 6.61 Å². The smallest absolute Gasteiger partial charge is 0.201 e. The average molecular weight is 661 g/mol. The van der Waals surface area contributed by atoms with Crippen molar-refractivity contribution in [2.45, 2.75) is 110 Å². The van der Waals surface area contributed by atoms with Gasteiger partial charge in [0.2, 0.25) is 5.82 Å². The fraction of sp³-hybridized carbons (Fsp3) is 0.488. The van der Waals surface area contributed by atoms with Crippen LogP contribution in [0.25, 0.3) is 27.8 Å². The quantitative estimate of drug-likeness (QED) is 0.0895. The fourth-order valence-electron chi connectivity index (χ4n) is 7.81. The molecular formula is C43H52F4O. The second-order valence-electron chi connectivity index (χ2n) is 13.9. The number of hydrogen-bond acceptors (Lipinski definition) is 1. The second-order valence-corrected chi connectivity index (χ2v) is 13.9. The van der Waals surface area contributed by atoms with Crippen molar-refractivity contribution in [1.29, 1.82) is 0 Å². The van der Waals surface area contributed by atoms with Crippen molar-refractivity contribution in [1.82, 2.24) is 0 Å². The highest BCUT2D eigenvalue weighted by atomic mass is 19.2. The van der Waals surface area contributed by atoms with Crippen LogP contribution in [0.1, 0.15) is 116 Å². The van der Waals surface area contributed by atoms with Gasteiger partial charge in [0.15, 0.2) is 23.2 Å². The van der Waals surface area contributed by atoms with Crippen molar-refractivity contribution in [3.8, 4) is 28.0 Å². The second kappa shape index (κ2) is 17.9. The molecule has 0 aliphatic heterocycles. The van der Waals surface area contributed by atoms with Gasteiger partial charge in [-0.15, -0.1) is 0 Å². The average Bonchev–Trinajstić information content (AvgIpc) is 3.12. The van der Waals surface area contributed by atoms with Gasteiger partial charge in [-0.25, -0.2) is 13.2 Å². The van der Waals surface area contributed by atoms with E-state index >= 15 is 8.78 Å². The summed E-state index contributed by atoms with van der Waals surface area (Å²) in [5, 5.41) is 0. The fourth-order valence-corrected chi connectivity index (χ4v) is 7.81. The van der Waals surface area contributed by atoms with Crippen LogP contribution >= 0.6 is 0 Å². The zero-order valence-corrected chi connectivity index (χ0v) is 28.8. The van der Waals surface area contributed by atoms with Crippen LogP contribution in [0.15, 0.2) is 66.8 Å². The van der Waals surface area contributed by atoms with Gasteiger partial charge < -0.3 is 4.74 Å². The summed E-state index contributed by atoms with van der Waals surface area (Å²) in [6.07, 6.45) is 24.1. The normalized spacial score (nSPS) is 19.9. The van der Waals surface area contributed by atoms with Gasteiger partial charge in [-0.1, -0.05) is 119 Å². The molecule has 2 aliphatic carbocycles. The maximum atomic E-state index is 15.5. The number of ether oxygens (including phenoxy) is 1. The minimum atomic E-state index is -1.05. The Morgan fingerprint density at radius 2 is 1.27 bits per heavy atom. The van der Waals surface area contributed by atoms with Gasteiger partial charge in [-0.05, 0) is 92.0 Å². The molecule has 0 N–H and O–H groups in total. The van der Waals surface area contributed by atoms with E-state index in [1.54, 1.807) is 36.4 Å². The molecule has 258 valence electrons. The third-order valence-corrected chi connectivity index (χ3v) is 10.7. The number of unbranched alkanes of at least 4 members (excludes halogenated alkanes) is 5. The summed E-state index contributed by atoms with van der Waals surface area (Å²) in [4.78, 5) is 0. The summed E-state index contributed by atoms with van der Waals surface area (Å²) >= 11 is 0. The maximum absolute atomic E-state index is 15.5. The van der Waals surface area contributed by atoms with Crippen LogP contribution in [0.5, 0.6) is 5.75 Å². The van der Waals surface area contributed by atoms with E-state index < -0.39 is 23.3 Å². The van der Waals surface area contributed by atoms with E-state index in [0.717, 1.165) is 36.7 Å². The summed E-state index contributed by atoms with van der Waals surface area (Å²) < 4.78 is 66.0. The molecule has 1 nitrogen and oxygen atoms in total. The SMILES string of the molecule is C/C=C\CCOc1ccc(-c2ccc(-c3ccc(C4=CCC(C5CCC(CCCCCCCC)CC5)CC4)c(F)c3F)cc2)c(F)c1F. The summed E-state index contributed by atoms with van der Waals surface area (Å²) in [6.45, 7) is 4.39. The molecule has 0 radical (unpaired) electrons. The Hall–Kier alpha value is -3.34. The number of hydrogen-bond donors (Lipinski definition) is 0. The molecule has 0 amide bonds. The molecule has 0 saturated heterocycles. The molecule has 3 aromatic carbocycles. The monoisotopic (exact) mass is 660 g/mol. The largest absolute Gasteiger partial charge is 0.490 e. The summed E-state index contributed by atoms with van der Waals surface area (Å²) in [5.74, 6) is -1.62. The van der Waals surface area contributed by atoms with Crippen LogP contribution in [0.2, 0.25) is 0 Å². The molecule has 1 saturated carbocycles. The highest BCUT2D eigenvalue weighted by Gasteiger charge is 2.29. The van der Waals surface area contributed by atoms with E-state index in [2.05, 4.69) is 13.0 Å². The lowest BCUT2D eigenvalue weighted by atomic mass is 9.70. The molecule has 1 unspecified atom stereocenters. The van der Waals surface area contributed by atoms with E-state index in [-0.39, 0.29) is 23.5 Å². The Balaban J connectivity index is 1.17. The summed E-state index contributed by atoms with van der Waals surface area (Å²) in [5.41, 5.74) is 2.36. The Morgan fingerprint density at radius 1 is 0.667 bits per heavy atom.